The van der Waals surface area contributed by atoms with E-state index in [1.807, 2.05) is 0 Å². The number of unbranched alkanes of at least 4 members (excludes halogenated alkanes) is 44. The monoisotopic (exact) mass is 999 g/mol. The number of carbonyl (C=O) groups is 3. The van der Waals surface area contributed by atoms with E-state index in [-0.39, 0.29) is 31.1 Å². The number of ether oxygens (including phenoxy) is 3. The van der Waals surface area contributed by atoms with Crippen LogP contribution in [0.25, 0.3) is 0 Å². The Morgan fingerprint density at radius 3 is 0.803 bits per heavy atom. The molecule has 6 heteroatoms. The van der Waals surface area contributed by atoms with E-state index in [1.165, 1.54) is 244 Å². The summed E-state index contributed by atoms with van der Waals surface area (Å²) < 4.78 is 16.8. The van der Waals surface area contributed by atoms with Crippen molar-refractivity contribution in [3.63, 3.8) is 0 Å². The Kier molecular flexibility index (Phi) is 58.6. The number of rotatable bonds is 59. The van der Waals surface area contributed by atoms with Gasteiger partial charge in [-0.25, -0.2) is 0 Å². The highest BCUT2D eigenvalue weighted by Crippen LogP contribution is 2.18. The fourth-order valence-electron chi connectivity index (χ4n) is 9.65. The van der Waals surface area contributed by atoms with E-state index < -0.39 is 6.10 Å². The van der Waals surface area contributed by atoms with E-state index >= 15 is 0 Å². The van der Waals surface area contributed by atoms with Crippen LogP contribution in [0, 0.1) is 0 Å². The molecule has 1 unspecified atom stereocenters. The third kappa shape index (κ3) is 58.7. The second kappa shape index (κ2) is 60.4. The zero-order valence-corrected chi connectivity index (χ0v) is 48.0. The number of hydrogen-bond donors (Lipinski definition) is 0. The lowest BCUT2D eigenvalue weighted by atomic mass is 10.0. The summed E-state index contributed by atoms with van der Waals surface area (Å²) in [5.74, 6) is -0.866. The molecular weight excluding hydrogens is 877 g/mol. The van der Waals surface area contributed by atoms with Gasteiger partial charge in [-0.3, -0.25) is 14.4 Å². The minimum atomic E-state index is -0.767. The van der Waals surface area contributed by atoms with E-state index in [0.717, 1.165) is 70.6 Å². The molecule has 0 aromatic rings. The predicted molar refractivity (Wildman–Crippen MR) is 307 cm³/mol. The van der Waals surface area contributed by atoms with E-state index in [0.29, 0.717) is 19.3 Å². The second-order valence-electron chi connectivity index (χ2n) is 21.7. The fraction of sp³-hybridized carbons (Fsp3) is 0.892. The zero-order chi connectivity index (χ0) is 51.4. The van der Waals surface area contributed by atoms with Crippen LogP contribution in [0.15, 0.2) is 24.3 Å². The maximum Gasteiger partial charge on any atom is 0.306 e. The van der Waals surface area contributed by atoms with Gasteiger partial charge in [0.15, 0.2) is 6.10 Å². The van der Waals surface area contributed by atoms with Crippen molar-refractivity contribution < 1.29 is 28.6 Å². The molecular formula is C65H122O6. The van der Waals surface area contributed by atoms with Crippen LogP contribution in [-0.2, 0) is 28.6 Å². The molecule has 0 rings (SSSR count). The first-order valence-corrected chi connectivity index (χ1v) is 31.8. The summed E-state index contributed by atoms with van der Waals surface area (Å²) in [6, 6.07) is 0. The van der Waals surface area contributed by atoms with Gasteiger partial charge in [-0.2, -0.15) is 0 Å². The van der Waals surface area contributed by atoms with Crippen LogP contribution in [0.3, 0.4) is 0 Å². The molecule has 0 saturated heterocycles. The fourth-order valence-corrected chi connectivity index (χ4v) is 9.65. The van der Waals surface area contributed by atoms with E-state index in [9.17, 15) is 14.4 Å². The van der Waals surface area contributed by atoms with Gasteiger partial charge in [0.25, 0.3) is 0 Å². The van der Waals surface area contributed by atoms with E-state index in [2.05, 4.69) is 45.1 Å². The maximum atomic E-state index is 12.8. The molecule has 0 saturated carbocycles. The number of allylic oxidation sites excluding steroid dienone is 4. The van der Waals surface area contributed by atoms with Crippen molar-refractivity contribution in [2.75, 3.05) is 13.2 Å². The van der Waals surface area contributed by atoms with Crippen molar-refractivity contribution in [3.8, 4) is 0 Å². The van der Waals surface area contributed by atoms with Crippen molar-refractivity contribution in [2.24, 2.45) is 0 Å². The van der Waals surface area contributed by atoms with Crippen molar-refractivity contribution >= 4 is 17.9 Å². The van der Waals surface area contributed by atoms with Gasteiger partial charge in [0, 0.05) is 19.3 Å². The van der Waals surface area contributed by atoms with Crippen molar-refractivity contribution in [3.05, 3.63) is 24.3 Å². The van der Waals surface area contributed by atoms with Crippen molar-refractivity contribution in [1.82, 2.24) is 0 Å². The van der Waals surface area contributed by atoms with Gasteiger partial charge in [0.2, 0.25) is 0 Å². The summed E-state index contributed by atoms with van der Waals surface area (Å²) in [5.41, 5.74) is 0. The SMILES string of the molecule is CCCCC/C=C\C/C=C\CCCCCCCCCCCC(=O)OC(COC(=O)CCCCCCC)COC(=O)CCCCCCCCCCCCCCCCCCCCCCCCCCCCCCC. The van der Waals surface area contributed by atoms with Crippen LogP contribution in [0.1, 0.15) is 355 Å². The Morgan fingerprint density at radius 1 is 0.282 bits per heavy atom. The van der Waals surface area contributed by atoms with Gasteiger partial charge >= 0.3 is 17.9 Å². The topological polar surface area (TPSA) is 78.9 Å². The first-order chi connectivity index (χ1) is 35.0. The predicted octanol–water partition coefficient (Wildman–Crippen LogP) is 21.4. The Bertz CT molecular complexity index is 1150. The first kappa shape index (κ1) is 68.9. The normalized spacial score (nSPS) is 12.1. The van der Waals surface area contributed by atoms with Gasteiger partial charge < -0.3 is 14.2 Å². The average Bonchev–Trinajstić information content (AvgIpc) is 3.37. The molecule has 0 aromatic heterocycles. The van der Waals surface area contributed by atoms with Gasteiger partial charge in [-0.1, -0.05) is 308 Å². The molecule has 0 fully saturated rings. The summed E-state index contributed by atoms with van der Waals surface area (Å²) in [5, 5.41) is 0. The summed E-state index contributed by atoms with van der Waals surface area (Å²) in [6.07, 6.45) is 72.5. The molecule has 1 atom stereocenters. The summed E-state index contributed by atoms with van der Waals surface area (Å²) in [4.78, 5) is 37.9. The highest BCUT2D eigenvalue weighted by molar-refractivity contribution is 5.71. The van der Waals surface area contributed by atoms with Crippen LogP contribution >= 0.6 is 0 Å². The quantitative estimate of drug-likeness (QED) is 0.0261. The largest absolute Gasteiger partial charge is 0.462 e. The Labute approximate surface area is 443 Å². The van der Waals surface area contributed by atoms with Crippen molar-refractivity contribution in [2.45, 2.75) is 361 Å². The molecule has 0 amide bonds. The molecule has 6 nitrogen and oxygen atoms in total. The van der Waals surface area contributed by atoms with E-state index in [1.54, 1.807) is 0 Å². The molecule has 0 aromatic carbocycles. The summed E-state index contributed by atoms with van der Waals surface area (Å²) in [6.45, 7) is 6.59. The van der Waals surface area contributed by atoms with Crippen LogP contribution in [0.5, 0.6) is 0 Å². The molecule has 418 valence electrons. The number of hydrogen-bond acceptors (Lipinski definition) is 6. The Hall–Kier alpha value is -2.11. The molecule has 0 bridgehead atoms. The van der Waals surface area contributed by atoms with Crippen LogP contribution in [0.4, 0.5) is 0 Å². The third-order valence-electron chi connectivity index (χ3n) is 14.5. The molecule has 0 heterocycles. The van der Waals surface area contributed by atoms with Crippen LogP contribution in [-0.4, -0.2) is 37.2 Å². The van der Waals surface area contributed by atoms with E-state index in [4.69, 9.17) is 14.2 Å². The summed E-state index contributed by atoms with van der Waals surface area (Å²) in [7, 11) is 0. The lowest BCUT2D eigenvalue weighted by Crippen LogP contribution is -2.30. The molecule has 0 aliphatic carbocycles. The van der Waals surface area contributed by atoms with Gasteiger partial charge in [-0.15, -0.1) is 0 Å². The molecule has 0 N–H and O–H groups in total. The van der Waals surface area contributed by atoms with Gasteiger partial charge in [0.1, 0.15) is 13.2 Å². The van der Waals surface area contributed by atoms with Crippen LogP contribution in [0.2, 0.25) is 0 Å². The zero-order valence-electron chi connectivity index (χ0n) is 48.0. The lowest BCUT2D eigenvalue weighted by Gasteiger charge is -2.18. The molecule has 0 radical (unpaired) electrons. The Balaban J connectivity index is 3.94. The van der Waals surface area contributed by atoms with Crippen molar-refractivity contribution in [1.29, 1.82) is 0 Å². The highest BCUT2D eigenvalue weighted by atomic mass is 16.6. The molecule has 0 spiro atoms. The molecule has 0 aliphatic heterocycles. The number of carbonyl (C=O) groups excluding carboxylic acids is 3. The average molecular weight is 1000 g/mol. The molecule has 0 aliphatic rings. The Morgan fingerprint density at radius 2 is 0.507 bits per heavy atom. The van der Waals surface area contributed by atoms with Gasteiger partial charge in [0.05, 0.1) is 0 Å². The lowest BCUT2D eigenvalue weighted by molar-refractivity contribution is -0.167. The second-order valence-corrected chi connectivity index (χ2v) is 21.7. The first-order valence-electron chi connectivity index (χ1n) is 31.8. The maximum absolute atomic E-state index is 12.8. The smallest absolute Gasteiger partial charge is 0.306 e. The van der Waals surface area contributed by atoms with Crippen LogP contribution < -0.4 is 0 Å². The summed E-state index contributed by atoms with van der Waals surface area (Å²) >= 11 is 0. The standard InChI is InChI=1S/C65H122O6/c1-4-7-10-13-15-17-19-21-23-25-27-28-29-30-31-32-33-34-35-36-38-39-41-43-45-47-49-52-55-58-64(67)70-61-62(60-69-63(66)57-54-51-12-9-6-3)71-65(68)59-56-53-50-48-46-44-42-40-37-26-24-22-20-18-16-14-11-8-5-2/h16,18,22,24,62H,4-15,17,19-21,23,25-61H2,1-3H3/b18-16-,24-22-. The molecule has 71 heavy (non-hydrogen) atoms. The number of esters is 3. The van der Waals surface area contributed by atoms with Gasteiger partial charge in [-0.05, 0) is 51.4 Å². The minimum Gasteiger partial charge on any atom is -0.462 e. The highest BCUT2D eigenvalue weighted by Gasteiger charge is 2.19. The minimum absolute atomic E-state index is 0.0687. The third-order valence-corrected chi connectivity index (χ3v) is 14.5.